The monoisotopic (exact) mass is 466 g/mol. The molecule has 0 N–H and O–H groups in total. The number of benzene rings is 2. The quantitative estimate of drug-likeness (QED) is 0.291. The van der Waals surface area contributed by atoms with Crippen LogP contribution in [0.2, 0.25) is 0 Å². The Morgan fingerprint density at radius 3 is 2.55 bits per heavy atom. The first-order valence-electron chi connectivity index (χ1n) is 12.7. The van der Waals surface area contributed by atoms with Crippen LogP contribution in [0.1, 0.15) is 44.6 Å². The molecule has 2 saturated heterocycles. The number of morpholine rings is 2. The SMILES string of the molecule is CCCCCCCc1cc2nc3ccc(N4CCOCC4)cc3sc-2cc1=[N+]1CCOCC1. The second kappa shape index (κ2) is 10.9. The molecule has 0 amide bonds. The predicted molar refractivity (Wildman–Crippen MR) is 138 cm³/mol. The van der Waals surface area contributed by atoms with Crippen LogP contribution in [0.3, 0.4) is 0 Å². The lowest BCUT2D eigenvalue weighted by Gasteiger charge is -2.29. The highest BCUT2D eigenvalue weighted by molar-refractivity contribution is 7.21. The van der Waals surface area contributed by atoms with E-state index in [1.807, 2.05) is 11.3 Å². The van der Waals surface area contributed by atoms with E-state index in [0.29, 0.717) is 0 Å². The molecule has 0 spiro atoms. The lowest BCUT2D eigenvalue weighted by Crippen LogP contribution is -2.41. The Kier molecular flexibility index (Phi) is 7.54. The summed E-state index contributed by atoms with van der Waals surface area (Å²) in [4.78, 5) is 8.79. The molecule has 6 heteroatoms. The standard InChI is InChI=1S/C27H36N3O2S/c1-2-3-4-5-6-7-21-18-24-27(20-25(21)30-12-16-32-17-13-30)33-26-19-22(8-9-23(26)28-24)29-10-14-31-15-11-29/h8-9,18-20H,2-7,10-17H2,1H3/q+1. The van der Waals surface area contributed by atoms with E-state index in [-0.39, 0.29) is 0 Å². The Labute approximate surface area is 201 Å². The highest BCUT2D eigenvalue weighted by Crippen LogP contribution is 2.33. The number of fused-ring (bicyclic) bond motifs is 2. The van der Waals surface area contributed by atoms with Crippen LogP contribution in [-0.4, -0.2) is 57.6 Å². The highest BCUT2D eigenvalue weighted by atomic mass is 32.1. The van der Waals surface area contributed by atoms with Crippen LogP contribution >= 0.6 is 11.3 Å². The van der Waals surface area contributed by atoms with E-state index in [4.69, 9.17) is 14.5 Å². The van der Waals surface area contributed by atoms with Gasteiger partial charge in [0.15, 0.2) is 13.1 Å². The summed E-state index contributed by atoms with van der Waals surface area (Å²) in [7, 11) is 0. The van der Waals surface area contributed by atoms with Gasteiger partial charge in [0.05, 0.1) is 34.0 Å². The van der Waals surface area contributed by atoms with Gasteiger partial charge < -0.3 is 14.4 Å². The first kappa shape index (κ1) is 22.8. The van der Waals surface area contributed by atoms with Crippen LogP contribution in [0.5, 0.6) is 0 Å². The van der Waals surface area contributed by atoms with Crippen LogP contribution in [0, 0.1) is 0 Å². The van der Waals surface area contributed by atoms with E-state index in [9.17, 15) is 0 Å². The van der Waals surface area contributed by atoms with Crippen LogP contribution < -0.4 is 14.8 Å². The normalized spacial score (nSPS) is 17.2. The van der Waals surface area contributed by atoms with E-state index in [1.165, 1.54) is 58.3 Å². The van der Waals surface area contributed by atoms with E-state index in [0.717, 1.165) is 70.2 Å². The number of nitrogens with zero attached hydrogens (tertiary/aromatic N) is 3. The minimum atomic E-state index is 0.807. The summed E-state index contributed by atoms with van der Waals surface area (Å²) in [6, 6.07) is 11.5. The Morgan fingerprint density at radius 2 is 1.73 bits per heavy atom. The summed E-state index contributed by atoms with van der Waals surface area (Å²) < 4.78 is 14.9. The maximum atomic E-state index is 5.64. The molecule has 0 radical (unpaired) electrons. The van der Waals surface area contributed by atoms with Crippen LogP contribution in [0.4, 0.5) is 5.69 Å². The maximum Gasteiger partial charge on any atom is 0.204 e. The number of hydrogen-bond acceptors (Lipinski definition) is 5. The molecule has 1 aromatic rings. The summed E-state index contributed by atoms with van der Waals surface area (Å²) in [5.41, 5.74) is 4.95. The third-order valence-electron chi connectivity index (χ3n) is 6.84. The number of ether oxygens (including phenoxy) is 2. The average Bonchev–Trinajstić information content (AvgIpc) is 2.87. The predicted octanol–water partition coefficient (Wildman–Crippen LogP) is 4.55. The van der Waals surface area contributed by atoms with Crippen molar-refractivity contribution in [3.05, 3.63) is 41.3 Å². The molecule has 33 heavy (non-hydrogen) atoms. The van der Waals surface area contributed by atoms with Crippen molar-refractivity contribution in [1.82, 2.24) is 9.56 Å². The van der Waals surface area contributed by atoms with Crippen molar-refractivity contribution in [2.24, 2.45) is 0 Å². The van der Waals surface area contributed by atoms with Gasteiger partial charge in [0.2, 0.25) is 5.36 Å². The molecule has 0 saturated carbocycles. The van der Waals surface area contributed by atoms with Gasteiger partial charge >= 0.3 is 0 Å². The van der Waals surface area contributed by atoms with E-state index in [1.54, 1.807) is 0 Å². The van der Waals surface area contributed by atoms with Gasteiger partial charge in [-0.15, -0.1) is 11.3 Å². The van der Waals surface area contributed by atoms with Gasteiger partial charge in [-0.1, -0.05) is 32.6 Å². The van der Waals surface area contributed by atoms with Crippen molar-refractivity contribution in [3.8, 4) is 10.6 Å². The van der Waals surface area contributed by atoms with Crippen LogP contribution in [0.25, 0.3) is 20.8 Å². The van der Waals surface area contributed by atoms with Crippen molar-refractivity contribution in [2.75, 3.05) is 57.5 Å². The highest BCUT2D eigenvalue weighted by Gasteiger charge is 2.19. The number of rotatable bonds is 7. The van der Waals surface area contributed by atoms with Gasteiger partial charge in [-0.2, -0.15) is 0 Å². The van der Waals surface area contributed by atoms with E-state index < -0.39 is 0 Å². The molecule has 0 atom stereocenters. The number of anilines is 1. The van der Waals surface area contributed by atoms with E-state index in [2.05, 4.69) is 46.7 Å². The largest absolute Gasteiger partial charge is 0.378 e. The molecule has 1 aliphatic carbocycles. The van der Waals surface area contributed by atoms with Crippen molar-refractivity contribution in [2.45, 2.75) is 45.4 Å². The Balaban J connectivity index is 1.52. The summed E-state index contributed by atoms with van der Waals surface area (Å²) >= 11 is 1.87. The van der Waals surface area contributed by atoms with Gasteiger partial charge in [-0.05, 0) is 37.1 Å². The first-order valence-corrected chi connectivity index (χ1v) is 13.5. The molecule has 2 fully saturated rings. The smallest absolute Gasteiger partial charge is 0.204 e. The molecule has 5 rings (SSSR count). The minimum Gasteiger partial charge on any atom is -0.378 e. The summed E-state index contributed by atoms with van der Waals surface area (Å²) in [5.74, 6) is 0. The summed E-state index contributed by atoms with van der Waals surface area (Å²) in [5, 5.41) is 1.39. The molecular weight excluding hydrogens is 430 g/mol. The second-order valence-electron chi connectivity index (χ2n) is 9.18. The van der Waals surface area contributed by atoms with Crippen molar-refractivity contribution < 1.29 is 9.47 Å². The molecule has 0 aromatic heterocycles. The lowest BCUT2D eigenvalue weighted by molar-refractivity contribution is 0.0964. The van der Waals surface area contributed by atoms with Gasteiger partial charge in [0.25, 0.3) is 0 Å². The fourth-order valence-electron chi connectivity index (χ4n) is 4.93. The third kappa shape index (κ3) is 5.39. The lowest BCUT2D eigenvalue weighted by atomic mass is 10.0. The number of aromatic nitrogens is 1. The topological polar surface area (TPSA) is 37.6 Å². The number of aryl methyl sites for hydroxylation is 1. The van der Waals surface area contributed by atoms with Crippen LogP contribution in [0.15, 0.2) is 30.3 Å². The van der Waals surface area contributed by atoms with Gasteiger partial charge in [0, 0.05) is 30.4 Å². The van der Waals surface area contributed by atoms with Crippen molar-refractivity contribution in [1.29, 1.82) is 0 Å². The first-order chi connectivity index (χ1) is 16.3. The molecule has 0 unspecified atom stereocenters. The average molecular weight is 467 g/mol. The summed E-state index contributed by atoms with van der Waals surface area (Å²) in [6.07, 6.45) is 7.67. The molecule has 176 valence electrons. The zero-order valence-electron chi connectivity index (χ0n) is 19.9. The van der Waals surface area contributed by atoms with Crippen LogP contribution in [-0.2, 0) is 15.9 Å². The van der Waals surface area contributed by atoms with E-state index >= 15 is 0 Å². The minimum absolute atomic E-state index is 0.807. The van der Waals surface area contributed by atoms with Crippen molar-refractivity contribution >= 4 is 27.2 Å². The molecule has 4 aliphatic rings. The molecule has 5 nitrogen and oxygen atoms in total. The molecule has 3 aliphatic heterocycles. The maximum absolute atomic E-state index is 5.64. The molecule has 3 heterocycles. The van der Waals surface area contributed by atoms with Gasteiger partial charge in [-0.3, -0.25) is 0 Å². The molecule has 0 bridgehead atoms. The molecule has 1 aromatic carbocycles. The number of unbranched alkanes of at least 4 members (excludes halogenated alkanes) is 4. The second-order valence-corrected chi connectivity index (χ2v) is 10.3. The van der Waals surface area contributed by atoms with Gasteiger partial charge in [-0.25, -0.2) is 9.56 Å². The number of hydrogen-bond donors (Lipinski definition) is 0. The zero-order chi connectivity index (χ0) is 22.5. The fourth-order valence-corrected chi connectivity index (χ4v) is 5.95. The Morgan fingerprint density at radius 1 is 0.939 bits per heavy atom. The fraction of sp³-hybridized carbons (Fsp3) is 0.556. The summed E-state index contributed by atoms with van der Waals surface area (Å²) in [6.45, 7) is 9.39. The molecular formula is C27H36N3O2S+. The Bertz CT molecular complexity index is 1110. The van der Waals surface area contributed by atoms with Gasteiger partial charge in [0.1, 0.15) is 13.2 Å². The van der Waals surface area contributed by atoms with Crippen molar-refractivity contribution in [3.63, 3.8) is 0 Å². The zero-order valence-corrected chi connectivity index (χ0v) is 20.7. The third-order valence-corrected chi connectivity index (χ3v) is 7.94. The Hall–Kier alpha value is -2.02.